The van der Waals surface area contributed by atoms with Gasteiger partial charge in [0.05, 0.1) is 5.56 Å². The Balaban J connectivity index is 1.81. The molecule has 3 N–H and O–H groups in total. The zero-order valence-corrected chi connectivity index (χ0v) is 11.8. The van der Waals surface area contributed by atoms with E-state index in [0.717, 1.165) is 37.2 Å². The number of carbonyl (C=O) groups is 2. The van der Waals surface area contributed by atoms with Crippen molar-refractivity contribution in [2.75, 3.05) is 25.0 Å². The number of carboxylic acid groups (broad SMARTS) is 1. The van der Waals surface area contributed by atoms with Crippen molar-refractivity contribution < 1.29 is 14.7 Å². The van der Waals surface area contributed by atoms with Crippen LogP contribution >= 0.6 is 0 Å². The highest BCUT2D eigenvalue weighted by molar-refractivity contribution is 5.93. The van der Waals surface area contributed by atoms with Crippen molar-refractivity contribution in [1.29, 1.82) is 0 Å². The standard InChI is InChI=1S/C15H19N3O3/c19-14(20)11-1-2-13-10(9-11)5-8-18(15(21)17-13)12-3-6-16-7-4-12/h1-2,9,12,16H,3-8H2,(H,17,21)(H,19,20). The Bertz CT molecular complexity index is 567. The molecule has 2 heterocycles. The minimum atomic E-state index is -0.941. The molecule has 2 amide bonds. The number of hydrogen-bond acceptors (Lipinski definition) is 3. The first-order valence-corrected chi connectivity index (χ1v) is 7.30. The van der Waals surface area contributed by atoms with Gasteiger partial charge in [-0.05, 0) is 56.1 Å². The van der Waals surface area contributed by atoms with Crippen LogP contribution in [0.2, 0.25) is 0 Å². The van der Waals surface area contributed by atoms with Crippen molar-refractivity contribution in [3.05, 3.63) is 29.3 Å². The van der Waals surface area contributed by atoms with Crippen LogP contribution in [0.1, 0.15) is 28.8 Å². The maximum atomic E-state index is 12.4. The molecule has 2 aliphatic rings. The zero-order valence-electron chi connectivity index (χ0n) is 11.8. The number of urea groups is 1. The van der Waals surface area contributed by atoms with Crippen LogP contribution in [-0.2, 0) is 6.42 Å². The Hall–Kier alpha value is -2.08. The Morgan fingerprint density at radius 3 is 2.76 bits per heavy atom. The lowest BCUT2D eigenvalue weighted by atomic mass is 10.0. The van der Waals surface area contributed by atoms with Crippen molar-refractivity contribution >= 4 is 17.7 Å². The average Bonchev–Trinajstić information content (AvgIpc) is 2.65. The van der Waals surface area contributed by atoms with Crippen LogP contribution in [-0.4, -0.2) is 47.7 Å². The molecule has 0 aliphatic carbocycles. The van der Waals surface area contributed by atoms with Crippen molar-refractivity contribution in [3.63, 3.8) is 0 Å². The summed E-state index contributed by atoms with van der Waals surface area (Å²) >= 11 is 0. The summed E-state index contributed by atoms with van der Waals surface area (Å²) in [4.78, 5) is 25.3. The Morgan fingerprint density at radius 2 is 2.05 bits per heavy atom. The van der Waals surface area contributed by atoms with Gasteiger partial charge >= 0.3 is 12.0 Å². The topological polar surface area (TPSA) is 81.7 Å². The lowest BCUT2D eigenvalue weighted by Gasteiger charge is -2.33. The fourth-order valence-corrected chi connectivity index (χ4v) is 3.05. The molecule has 0 aromatic heterocycles. The number of carboxylic acids is 1. The monoisotopic (exact) mass is 289 g/mol. The number of fused-ring (bicyclic) bond motifs is 1. The molecule has 1 aromatic rings. The highest BCUT2D eigenvalue weighted by Crippen LogP contribution is 2.24. The van der Waals surface area contributed by atoms with Crippen LogP contribution in [0.5, 0.6) is 0 Å². The normalized spacial score (nSPS) is 19.6. The van der Waals surface area contributed by atoms with Gasteiger partial charge < -0.3 is 20.6 Å². The van der Waals surface area contributed by atoms with E-state index in [9.17, 15) is 9.59 Å². The summed E-state index contributed by atoms with van der Waals surface area (Å²) in [5.74, 6) is -0.941. The van der Waals surface area contributed by atoms with Gasteiger partial charge in [-0.2, -0.15) is 0 Å². The van der Waals surface area contributed by atoms with Crippen LogP contribution in [0, 0.1) is 0 Å². The summed E-state index contributed by atoms with van der Waals surface area (Å²) < 4.78 is 0. The summed E-state index contributed by atoms with van der Waals surface area (Å²) in [5, 5.41) is 15.3. The van der Waals surface area contributed by atoms with Crippen molar-refractivity contribution in [2.24, 2.45) is 0 Å². The van der Waals surface area contributed by atoms with Gasteiger partial charge in [-0.25, -0.2) is 9.59 Å². The van der Waals surface area contributed by atoms with E-state index in [-0.39, 0.29) is 17.6 Å². The summed E-state index contributed by atoms with van der Waals surface area (Å²) in [6.45, 7) is 2.50. The number of rotatable bonds is 2. The number of carbonyl (C=O) groups excluding carboxylic acids is 1. The predicted octanol–water partition coefficient (Wildman–Crippen LogP) is 1.53. The van der Waals surface area contributed by atoms with Crippen molar-refractivity contribution in [3.8, 4) is 0 Å². The number of hydrogen-bond donors (Lipinski definition) is 3. The minimum absolute atomic E-state index is 0.0799. The summed E-state index contributed by atoms with van der Waals surface area (Å²) in [5.41, 5.74) is 1.87. The molecule has 0 unspecified atom stereocenters. The lowest BCUT2D eigenvalue weighted by molar-refractivity contribution is 0.0696. The SMILES string of the molecule is O=C(O)c1ccc2c(c1)CCN(C1CCNCC1)C(=O)N2. The molecule has 3 rings (SSSR count). The zero-order chi connectivity index (χ0) is 14.8. The van der Waals surface area contributed by atoms with Gasteiger partial charge in [0.2, 0.25) is 0 Å². The third-order valence-corrected chi connectivity index (χ3v) is 4.23. The smallest absolute Gasteiger partial charge is 0.335 e. The fraction of sp³-hybridized carbons (Fsp3) is 0.467. The largest absolute Gasteiger partial charge is 0.478 e. The number of piperidine rings is 1. The average molecular weight is 289 g/mol. The maximum Gasteiger partial charge on any atom is 0.335 e. The second-order valence-corrected chi connectivity index (χ2v) is 5.53. The maximum absolute atomic E-state index is 12.4. The number of amides is 2. The second kappa shape index (κ2) is 5.73. The van der Waals surface area contributed by atoms with E-state index in [1.165, 1.54) is 6.07 Å². The Morgan fingerprint density at radius 1 is 1.29 bits per heavy atom. The van der Waals surface area contributed by atoms with Gasteiger partial charge in [-0.3, -0.25) is 0 Å². The van der Waals surface area contributed by atoms with Crippen LogP contribution in [0.25, 0.3) is 0 Å². The van der Waals surface area contributed by atoms with E-state index in [4.69, 9.17) is 5.11 Å². The van der Waals surface area contributed by atoms with Gasteiger partial charge in [0.1, 0.15) is 0 Å². The van der Waals surface area contributed by atoms with Crippen LogP contribution < -0.4 is 10.6 Å². The molecule has 0 radical (unpaired) electrons. The first kappa shape index (κ1) is 13.9. The molecular formula is C15H19N3O3. The van der Waals surface area contributed by atoms with E-state index in [2.05, 4.69) is 10.6 Å². The van der Waals surface area contributed by atoms with Gasteiger partial charge in [0.15, 0.2) is 0 Å². The Labute approximate surface area is 123 Å². The van der Waals surface area contributed by atoms with Crippen LogP contribution in [0.15, 0.2) is 18.2 Å². The van der Waals surface area contributed by atoms with Crippen molar-refractivity contribution in [2.45, 2.75) is 25.3 Å². The number of anilines is 1. The second-order valence-electron chi connectivity index (χ2n) is 5.53. The lowest BCUT2D eigenvalue weighted by Crippen LogP contribution is -2.47. The first-order chi connectivity index (χ1) is 10.1. The Kier molecular flexibility index (Phi) is 3.79. The molecule has 1 aromatic carbocycles. The van der Waals surface area contributed by atoms with Crippen LogP contribution in [0.3, 0.4) is 0 Å². The summed E-state index contributed by atoms with van der Waals surface area (Å²) in [6.07, 6.45) is 2.60. The molecule has 0 atom stereocenters. The van der Waals surface area contributed by atoms with E-state index in [1.54, 1.807) is 12.1 Å². The van der Waals surface area contributed by atoms with Gasteiger partial charge in [-0.15, -0.1) is 0 Å². The molecular weight excluding hydrogens is 270 g/mol. The summed E-state index contributed by atoms with van der Waals surface area (Å²) in [6, 6.07) is 5.05. The molecule has 0 saturated carbocycles. The van der Waals surface area contributed by atoms with Crippen LogP contribution in [0.4, 0.5) is 10.5 Å². The quantitative estimate of drug-likeness (QED) is 0.771. The van der Waals surface area contributed by atoms with Gasteiger partial charge in [-0.1, -0.05) is 0 Å². The molecule has 6 nitrogen and oxygen atoms in total. The molecule has 21 heavy (non-hydrogen) atoms. The molecule has 112 valence electrons. The number of benzene rings is 1. The van der Waals surface area contributed by atoms with E-state index in [1.807, 2.05) is 4.90 Å². The molecule has 0 spiro atoms. The number of aromatic carboxylic acids is 1. The molecule has 6 heteroatoms. The number of nitrogens with one attached hydrogen (secondary N) is 2. The van der Waals surface area contributed by atoms with E-state index >= 15 is 0 Å². The molecule has 1 fully saturated rings. The van der Waals surface area contributed by atoms with E-state index < -0.39 is 5.97 Å². The fourth-order valence-electron chi connectivity index (χ4n) is 3.05. The first-order valence-electron chi connectivity index (χ1n) is 7.30. The summed E-state index contributed by atoms with van der Waals surface area (Å²) in [7, 11) is 0. The third kappa shape index (κ3) is 2.85. The van der Waals surface area contributed by atoms with Gasteiger partial charge in [0, 0.05) is 18.3 Å². The molecule has 2 aliphatic heterocycles. The van der Waals surface area contributed by atoms with Crippen molar-refractivity contribution in [1.82, 2.24) is 10.2 Å². The van der Waals surface area contributed by atoms with E-state index in [0.29, 0.717) is 13.0 Å². The minimum Gasteiger partial charge on any atom is -0.478 e. The molecule has 1 saturated heterocycles. The third-order valence-electron chi connectivity index (χ3n) is 4.23. The number of nitrogens with zero attached hydrogens (tertiary/aromatic N) is 1. The highest BCUT2D eigenvalue weighted by Gasteiger charge is 2.28. The molecule has 0 bridgehead atoms. The predicted molar refractivity (Wildman–Crippen MR) is 78.7 cm³/mol. The highest BCUT2D eigenvalue weighted by atomic mass is 16.4. The van der Waals surface area contributed by atoms with Gasteiger partial charge in [0.25, 0.3) is 0 Å².